The number of benzene rings is 2. The van der Waals surface area contributed by atoms with Crippen LogP contribution in [0.2, 0.25) is 0 Å². The summed E-state index contributed by atoms with van der Waals surface area (Å²) in [5.41, 5.74) is 6.76. The van der Waals surface area contributed by atoms with Crippen molar-refractivity contribution in [1.82, 2.24) is 20.8 Å². The molecule has 0 aliphatic heterocycles. The highest BCUT2D eigenvalue weighted by molar-refractivity contribution is 7.18. The summed E-state index contributed by atoms with van der Waals surface area (Å²) in [6.45, 7) is 0. The summed E-state index contributed by atoms with van der Waals surface area (Å²) in [6, 6.07) is 18.9. The summed E-state index contributed by atoms with van der Waals surface area (Å²) in [5, 5.41) is 1.85. The van der Waals surface area contributed by atoms with Gasteiger partial charge in [-0.25, -0.2) is 9.97 Å². The van der Waals surface area contributed by atoms with Gasteiger partial charge in [-0.1, -0.05) is 36.4 Å². The molecule has 4 aromatic rings. The third-order valence-electron chi connectivity index (χ3n) is 4.05. The molecule has 134 valence electrons. The van der Waals surface area contributed by atoms with E-state index in [-0.39, 0.29) is 18.0 Å². The lowest BCUT2D eigenvalue weighted by molar-refractivity contribution is -0.121. The van der Waals surface area contributed by atoms with Gasteiger partial charge in [-0.3, -0.25) is 20.4 Å². The quantitative estimate of drug-likeness (QED) is 0.536. The van der Waals surface area contributed by atoms with Crippen LogP contribution in [0, 0.1) is 0 Å². The number of thiazole rings is 1. The van der Waals surface area contributed by atoms with Gasteiger partial charge in [0.05, 0.1) is 20.7 Å². The summed E-state index contributed by atoms with van der Waals surface area (Å²) >= 11 is 1.57. The van der Waals surface area contributed by atoms with Crippen LogP contribution >= 0.6 is 11.3 Å². The number of amides is 2. The van der Waals surface area contributed by atoms with Crippen molar-refractivity contribution >= 4 is 44.3 Å². The SMILES string of the molecule is O=C(CCc1nc2ccccc2s1)NNC(=O)c1ccc2ccccc2n1. The summed E-state index contributed by atoms with van der Waals surface area (Å²) in [7, 11) is 0. The minimum absolute atomic E-state index is 0.241. The first-order chi connectivity index (χ1) is 13.2. The summed E-state index contributed by atoms with van der Waals surface area (Å²) in [5.74, 6) is -0.725. The highest BCUT2D eigenvalue weighted by Gasteiger charge is 2.11. The van der Waals surface area contributed by atoms with Crippen LogP contribution in [-0.4, -0.2) is 21.8 Å². The average molecular weight is 376 g/mol. The molecule has 0 saturated heterocycles. The molecule has 0 bridgehead atoms. The average Bonchev–Trinajstić information content (AvgIpc) is 3.13. The summed E-state index contributed by atoms with van der Waals surface area (Å²) in [4.78, 5) is 33.0. The minimum Gasteiger partial charge on any atom is -0.273 e. The molecule has 0 unspecified atom stereocenters. The van der Waals surface area contributed by atoms with Crippen LogP contribution in [0.25, 0.3) is 21.1 Å². The summed E-state index contributed by atoms with van der Waals surface area (Å²) < 4.78 is 1.10. The Hall–Kier alpha value is -3.32. The Balaban J connectivity index is 1.32. The van der Waals surface area contributed by atoms with Crippen LogP contribution < -0.4 is 10.9 Å². The Morgan fingerprint density at radius 2 is 1.63 bits per heavy atom. The number of aryl methyl sites for hydroxylation is 1. The van der Waals surface area contributed by atoms with E-state index in [2.05, 4.69) is 20.8 Å². The van der Waals surface area contributed by atoms with Gasteiger partial charge in [-0.15, -0.1) is 11.3 Å². The van der Waals surface area contributed by atoms with Gasteiger partial charge in [0.15, 0.2) is 0 Å². The van der Waals surface area contributed by atoms with Crippen LogP contribution in [0.15, 0.2) is 60.7 Å². The maximum absolute atomic E-state index is 12.2. The van der Waals surface area contributed by atoms with E-state index in [1.54, 1.807) is 17.4 Å². The van der Waals surface area contributed by atoms with Gasteiger partial charge in [-0.2, -0.15) is 0 Å². The van der Waals surface area contributed by atoms with Crippen molar-refractivity contribution in [3.05, 3.63) is 71.4 Å². The number of rotatable bonds is 4. The molecule has 27 heavy (non-hydrogen) atoms. The third-order valence-corrected chi connectivity index (χ3v) is 5.15. The maximum atomic E-state index is 12.2. The van der Waals surface area contributed by atoms with Crippen LogP contribution in [0.3, 0.4) is 0 Å². The van der Waals surface area contributed by atoms with E-state index in [0.29, 0.717) is 6.42 Å². The highest BCUT2D eigenvalue weighted by Crippen LogP contribution is 2.22. The number of nitrogens with zero attached hydrogens (tertiary/aromatic N) is 2. The normalized spacial score (nSPS) is 10.8. The van der Waals surface area contributed by atoms with E-state index >= 15 is 0 Å². The monoisotopic (exact) mass is 376 g/mol. The van der Waals surface area contributed by atoms with Gasteiger partial charge in [0.2, 0.25) is 5.91 Å². The first kappa shape index (κ1) is 17.1. The topological polar surface area (TPSA) is 84.0 Å². The van der Waals surface area contributed by atoms with Crippen molar-refractivity contribution < 1.29 is 9.59 Å². The van der Waals surface area contributed by atoms with Crippen LogP contribution in [0.4, 0.5) is 0 Å². The molecule has 0 aliphatic carbocycles. The van der Waals surface area contributed by atoms with E-state index in [4.69, 9.17) is 0 Å². The van der Waals surface area contributed by atoms with E-state index < -0.39 is 5.91 Å². The van der Waals surface area contributed by atoms with E-state index in [9.17, 15) is 9.59 Å². The summed E-state index contributed by atoms with van der Waals surface area (Å²) in [6.07, 6.45) is 0.764. The second-order valence-corrected chi connectivity index (χ2v) is 7.08. The lowest BCUT2D eigenvalue weighted by atomic mass is 10.2. The third kappa shape index (κ3) is 3.93. The molecular formula is C20H16N4O2S. The molecule has 6 nitrogen and oxygen atoms in total. The molecule has 2 aromatic heterocycles. The molecule has 7 heteroatoms. The molecule has 2 amide bonds. The number of fused-ring (bicyclic) bond motifs is 2. The fourth-order valence-electron chi connectivity index (χ4n) is 2.69. The van der Waals surface area contributed by atoms with Crippen LogP contribution in [0.5, 0.6) is 0 Å². The zero-order chi connectivity index (χ0) is 18.6. The Kier molecular flexibility index (Phi) is 4.76. The van der Waals surface area contributed by atoms with Gasteiger partial charge in [-0.05, 0) is 24.3 Å². The Labute approximate surface area is 159 Å². The van der Waals surface area contributed by atoms with Crippen molar-refractivity contribution in [3.63, 3.8) is 0 Å². The number of para-hydroxylation sites is 2. The van der Waals surface area contributed by atoms with Crippen molar-refractivity contribution in [2.75, 3.05) is 0 Å². The molecule has 4 rings (SSSR count). The number of aromatic nitrogens is 2. The predicted molar refractivity (Wildman–Crippen MR) is 105 cm³/mol. The lowest BCUT2D eigenvalue weighted by Gasteiger charge is -2.07. The van der Waals surface area contributed by atoms with Crippen molar-refractivity contribution in [3.8, 4) is 0 Å². The number of hydrogen-bond donors (Lipinski definition) is 2. The zero-order valence-corrected chi connectivity index (χ0v) is 15.1. The van der Waals surface area contributed by atoms with E-state index in [0.717, 1.165) is 26.1 Å². The van der Waals surface area contributed by atoms with Gasteiger partial charge in [0.25, 0.3) is 5.91 Å². The predicted octanol–water partition coefficient (Wildman–Crippen LogP) is 3.24. The highest BCUT2D eigenvalue weighted by atomic mass is 32.1. The first-order valence-corrected chi connectivity index (χ1v) is 9.30. The molecule has 2 heterocycles. The Morgan fingerprint density at radius 1 is 0.852 bits per heavy atom. The second kappa shape index (κ2) is 7.51. The molecule has 2 N–H and O–H groups in total. The van der Waals surface area contributed by atoms with Gasteiger partial charge < -0.3 is 0 Å². The largest absolute Gasteiger partial charge is 0.288 e. The number of hydrazine groups is 1. The molecule has 0 atom stereocenters. The number of nitrogens with one attached hydrogen (secondary N) is 2. The number of carbonyl (C=O) groups is 2. The fourth-order valence-corrected chi connectivity index (χ4v) is 3.66. The van der Waals surface area contributed by atoms with Gasteiger partial charge in [0, 0.05) is 18.2 Å². The molecule has 0 radical (unpaired) electrons. The number of carbonyl (C=O) groups excluding carboxylic acids is 2. The molecule has 0 fully saturated rings. The molecule has 0 aliphatic rings. The first-order valence-electron chi connectivity index (χ1n) is 8.48. The van der Waals surface area contributed by atoms with Crippen molar-refractivity contribution in [2.45, 2.75) is 12.8 Å². The standard InChI is InChI=1S/C20H16N4O2S/c25-18(11-12-19-22-15-7-3-4-8-17(15)27-19)23-24-20(26)16-10-9-13-5-1-2-6-14(13)21-16/h1-10H,11-12H2,(H,23,25)(H,24,26). The Morgan fingerprint density at radius 3 is 2.48 bits per heavy atom. The Bertz CT molecular complexity index is 1110. The van der Waals surface area contributed by atoms with Crippen molar-refractivity contribution in [1.29, 1.82) is 0 Å². The van der Waals surface area contributed by atoms with Crippen molar-refractivity contribution in [2.24, 2.45) is 0 Å². The fraction of sp³-hybridized carbons (Fsp3) is 0.100. The lowest BCUT2D eigenvalue weighted by Crippen LogP contribution is -2.42. The van der Waals surface area contributed by atoms with Gasteiger partial charge >= 0.3 is 0 Å². The molecule has 2 aromatic carbocycles. The smallest absolute Gasteiger partial charge is 0.273 e. The number of hydrogen-bond acceptors (Lipinski definition) is 5. The molecular weight excluding hydrogens is 360 g/mol. The molecule has 0 spiro atoms. The zero-order valence-electron chi connectivity index (χ0n) is 14.3. The van der Waals surface area contributed by atoms with E-state index in [1.807, 2.05) is 54.6 Å². The second-order valence-electron chi connectivity index (χ2n) is 5.97. The van der Waals surface area contributed by atoms with Crippen LogP contribution in [0.1, 0.15) is 21.9 Å². The maximum Gasteiger partial charge on any atom is 0.288 e. The molecule has 0 saturated carbocycles. The number of pyridine rings is 1. The van der Waals surface area contributed by atoms with Gasteiger partial charge in [0.1, 0.15) is 5.69 Å². The minimum atomic E-state index is -0.450. The van der Waals surface area contributed by atoms with Crippen LogP contribution in [-0.2, 0) is 11.2 Å². The van der Waals surface area contributed by atoms with E-state index in [1.165, 1.54) is 0 Å².